The zero-order valence-corrected chi connectivity index (χ0v) is 11.5. The average Bonchev–Trinajstić information content (AvgIpc) is 2.44. The third-order valence-corrected chi connectivity index (χ3v) is 3.38. The van der Waals surface area contributed by atoms with Crippen LogP contribution in [0.1, 0.15) is 18.9 Å². The summed E-state index contributed by atoms with van der Waals surface area (Å²) in [5.74, 6) is -0.523. The Morgan fingerprint density at radius 1 is 1.40 bits per heavy atom. The van der Waals surface area contributed by atoms with Crippen molar-refractivity contribution < 1.29 is 18.7 Å². The highest BCUT2D eigenvalue weighted by Gasteiger charge is 2.30. The maximum atomic E-state index is 12.8. The van der Waals surface area contributed by atoms with Gasteiger partial charge in [-0.15, -0.1) is 0 Å². The summed E-state index contributed by atoms with van der Waals surface area (Å²) in [4.78, 5) is 25.6. The van der Waals surface area contributed by atoms with Crippen LogP contribution in [0.25, 0.3) is 0 Å². The molecule has 1 saturated heterocycles. The van der Waals surface area contributed by atoms with Crippen LogP contribution in [0.4, 0.5) is 4.39 Å². The van der Waals surface area contributed by atoms with Gasteiger partial charge in [-0.05, 0) is 24.6 Å². The van der Waals surface area contributed by atoms with Crippen LogP contribution < -0.4 is 0 Å². The molecule has 4 nitrogen and oxygen atoms in total. The first-order valence-corrected chi connectivity index (χ1v) is 6.76. The van der Waals surface area contributed by atoms with E-state index in [-0.39, 0.29) is 30.3 Å². The Morgan fingerprint density at radius 3 is 2.75 bits per heavy atom. The molecule has 1 aliphatic heterocycles. The van der Waals surface area contributed by atoms with Gasteiger partial charge in [-0.25, -0.2) is 4.39 Å². The number of benzene rings is 1. The number of Topliss-reactive ketones (excluding diaryl/α,β-unsaturated/α-hetero) is 1. The van der Waals surface area contributed by atoms with Crippen molar-refractivity contribution in [2.75, 3.05) is 19.7 Å². The molecule has 1 atom stereocenters. The van der Waals surface area contributed by atoms with E-state index in [1.165, 1.54) is 12.1 Å². The van der Waals surface area contributed by atoms with E-state index in [1.54, 1.807) is 17.0 Å². The normalized spacial score (nSPS) is 19.2. The first-order chi connectivity index (χ1) is 9.60. The second-order valence-electron chi connectivity index (χ2n) is 4.82. The third kappa shape index (κ3) is 3.63. The van der Waals surface area contributed by atoms with Crippen molar-refractivity contribution in [2.24, 2.45) is 0 Å². The summed E-state index contributed by atoms with van der Waals surface area (Å²) < 4.78 is 18.2. The minimum Gasteiger partial charge on any atom is -0.366 e. The molecule has 1 aliphatic rings. The molecule has 0 radical (unpaired) electrons. The van der Waals surface area contributed by atoms with E-state index < -0.39 is 6.10 Å². The number of rotatable bonds is 5. The summed E-state index contributed by atoms with van der Waals surface area (Å²) >= 11 is 0. The van der Waals surface area contributed by atoms with Crippen LogP contribution in [0.2, 0.25) is 0 Å². The van der Waals surface area contributed by atoms with Crippen LogP contribution in [0, 0.1) is 5.82 Å². The SMILES string of the molecule is CCN1CCOC(CC(=O)Cc2ccc(F)cc2)C1=O. The van der Waals surface area contributed by atoms with Crippen LogP contribution in [0.3, 0.4) is 0 Å². The summed E-state index contributed by atoms with van der Waals surface area (Å²) in [6.07, 6.45) is -0.400. The Hall–Kier alpha value is -1.75. The molecule has 0 spiro atoms. The zero-order valence-electron chi connectivity index (χ0n) is 11.5. The molecule has 1 aromatic rings. The van der Waals surface area contributed by atoms with Crippen LogP contribution in [0.5, 0.6) is 0 Å². The highest BCUT2D eigenvalue weighted by molar-refractivity contribution is 5.89. The van der Waals surface area contributed by atoms with Crippen molar-refractivity contribution >= 4 is 11.7 Å². The summed E-state index contributed by atoms with van der Waals surface area (Å²) in [6, 6.07) is 5.80. The predicted molar refractivity (Wildman–Crippen MR) is 71.7 cm³/mol. The lowest BCUT2D eigenvalue weighted by molar-refractivity contribution is -0.155. The van der Waals surface area contributed by atoms with Gasteiger partial charge in [0.05, 0.1) is 6.61 Å². The fourth-order valence-corrected chi connectivity index (χ4v) is 2.26. The van der Waals surface area contributed by atoms with E-state index in [2.05, 4.69) is 0 Å². The number of likely N-dealkylation sites (N-methyl/N-ethyl adjacent to an activating group) is 1. The van der Waals surface area contributed by atoms with Crippen LogP contribution in [0.15, 0.2) is 24.3 Å². The number of morpholine rings is 1. The molecule has 2 rings (SSSR count). The molecule has 1 fully saturated rings. The molecule has 0 aromatic heterocycles. The molecule has 1 amide bonds. The van der Waals surface area contributed by atoms with Crippen molar-refractivity contribution in [3.8, 4) is 0 Å². The second kappa shape index (κ2) is 6.61. The number of nitrogens with zero attached hydrogens (tertiary/aromatic N) is 1. The average molecular weight is 279 g/mol. The Bertz CT molecular complexity index is 486. The van der Waals surface area contributed by atoms with Crippen molar-refractivity contribution in [3.63, 3.8) is 0 Å². The van der Waals surface area contributed by atoms with Gasteiger partial charge in [0.2, 0.25) is 0 Å². The Balaban J connectivity index is 1.90. The molecule has 0 N–H and O–H groups in total. The van der Waals surface area contributed by atoms with E-state index in [1.807, 2.05) is 6.92 Å². The van der Waals surface area contributed by atoms with E-state index in [4.69, 9.17) is 4.74 Å². The lowest BCUT2D eigenvalue weighted by Crippen LogP contribution is -2.48. The molecular weight excluding hydrogens is 261 g/mol. The fraction of sp³-hybridized carbons (Fsp3) is 0.467. The first kappa shape index (κ1) is 14.7. The quantitative estimate of drug-likeness (QED) is 0.822. The Morgan fingerprint density at radius 2 is 2.10 bits per heavy atom. The molecule has 0 aliphatic carbocycles. The molecule has 0 bridgehead atoms. The summed E-state index contributed by atoms with van der Waals surface area (Å²) in [5, 5.41) is 0. The number of ether oxygens (including phenoxy) is 1. The number of hydrogen-bond acceptors (Lipinski definition) is 3. The van der Waals surface area contributed by atoms with Gasteiger partial charge in [0, 0.05) is 25.9 Å². The van der Waals surface area contributed by atoms with Crippen LogP contribution >= 0.6 is 0 Å². The number of carbonyl (C=O) groups is 2. The molecule has 108 valence electrons. The molecule has 0 saturated carbocycles. The maximum absolute atomic E-state index is 12.8. The summed E-state index contributed by atoms with van der Waals surface area (Å²) in [6.45, 7) is 3.58. The van der Waals surface area contributed by atoms with Gasteiger partial charge in [0.1, 0.15) is 17.7 Å². The summed E-state index contributed by atoms with van der Waals surface area (Å²) in [7, 11) is 0. The highest BCUT2D eigenvalue weighted by Crippen LogP contribution is 2.13. The molecule has 1 unspecified atom stereocenters. The van der Waals surface area contributed by atoms with Gasteiger partial charge in [-0.3, -0.25) is 9.59 Å². The largest absolute Gasteiger partial charge is 0.366 e. The minimum absolute atomic E-state index is 0.0760. The van der Waals surface area contributed by atoms with Crippen molar-refractivity contribution in [1.29, 1.82) is 0 Å². The molecule has 1 aromatic carbocycles. The van der Waals surface area contributed by atoms with E-state index in [0.717, 1.165) is 5.56 Å². The molecule has 1 heterocycles. The van der Waals surface area contributed by atoms with Gasteiger partial charge in [0.25, 0.3) is 5.91 Å². The van der Waals surface area contributed by atoms with E-state index >= 15 is 0 Å². The number of hydrogen-bond donors (Lipinski definition) is 0. The molecular formula is C15H18FNO3. The number of amides is 1. The smallest absolute Gasteiger partial charge is 0.252 e. The standard InChI is InChI=1S/C15H18FNO3/c1-2-17-7-8-20-14(15(17)19)10-13(18)9-11-3-5-12(16)6-4-11/h3-6,14H,2,7-10H2,1H3. The van der Waals surface area contributed by atoms with Gasteiger partial charge < -0.3 is 9.64 Å². The van der Waals surface area contributed by atoms with E-state index in [0.29, 0.717) is 19.7 Å². The number of halogens is 1. The number of ketones is 1. The van der Waals surface area contributed by atoms with Crippen molar-refractivity contribution in [1.82, 2.24) is 4.90 Å². The van der Waals surface area contributed by atoms with E-state index in [9.17, 15) is 14.0 Å². The third-order valence-electron chi connectivity index (χ3n) is 3.38. The summed E-state index contributed by atoms with van der Waals surface area (Å²) in [5.41, 5.74) is 0.743. The maximum Gasteiger partial charge on any atom is 0.252 e. The van der Waals surface area contributed by atoms with Crippen LogP contribution in [-0.4, -0.2) is 42.4 Å². The minimum atomic E-state index is -0.670. The highest BCUT2D eigenvalue weighted by atomic mass is 19.1. The Kier molecular flexibility index (Phi) is 4.84. The van der Waals surface area contributed by atoms with Gasteiger partial charge in [-0.2, -0.15) is 0 Å². The second-order valence-corrected chi connectivity index (χ2v) is 4.82. The van der Waals surface area contributed by atoms with Crippen LogP contribution in [-0.2, 0) is 20.7 Å². The van der Waals surface area contributed by atoms with Gasteiger partial charge >= 0.3 is 0 Å². The monoisotopic (exact) mass is 279 g/mol. The molecule has 5 heteroatoms. The fourth-order valence-electron chi connectivity index (χ4n) is 2.26. The van der Waals surface area contributed by atoms with Gasteiger partial charge in [0.15, 0.2) is 0 Å². The van der Waals surface area contributed by atoms with Gasteiger partial charge in [-0.1, -0.05) is 12.1 Å². The first-order valence-electron chi connectivity index (χ1n) is 6.76. The van der Waals surface area contributed by atoms with Crippen molar-refractivity contribution in [2.45, 2.75) is 25.9 Å². The molecule has 20 heavy (non-hydrogen) atoms. The topological polar surface area (TPSA) is 46.6 Å². The predicted octanol–water partition coefficient (Wildman–Crippen LogP) is 1.57. The lowest BCUT2D eigenvalue weighted by atomic mass is 10.0. The zero-order chi connectivity index (χ0) is 14.5. The number of carbonyl (C=O) groups excluding carboxylic acids is 2. The Labute approximate surface area is 117 Å². The lowest BCUT2D eigenvalue weighted by Gasteiger charge is -2.31. The van der Waals surface area contributed by atoms with Crippen molar-refractivity contribution in [3.05, 3.63) is 35.6 Å².